The van der Waals surface area contributed by atoms with E-state index in [0.717, 1.165) is 50.5 Å². The van der Waals surface area contributed by atoms with Gasteiger partial charge in [-0.1, -0.05) is 25.8 Å². The number of hydrogen-bond acceptors (Lipinski definition) is 5. The summed E-state index contributed by atoms with van der Waals surface area (Å²) < 4.78 is 6.33. The third-order valence-electron chi connectivity index (χ3n) is 7.42. The maximum atomic E-state index is 13.5. The summed E-state index contributed by atoms with van der Waals surface area (Å²) in [5.74, 6) is 0.0533. The number of fused-ring (bicyclic) bond motifs is 1. The van der Waals surface area contributed by atoms with E-state index in [2.05, 4.69) is 16.4 Å². The number of hydrogen-bond donors (Lipinski definition) is 2. The lowest BCUT2D eigenvalue weighted by Crippen LogP contribution is -2.52. The van der Waals surface area contributed by atoms with Gasteiger partial charge in [0.1, 0.15) is 11.7 Å². The van der Waals surface area contributed by atoms with Crippen LogP contribution in [0.4, 0.5) is 4.79 Å². The number of rotatable bonds is 6. The molecule has 3 atom stereocenters. The maximum Gasteiger partial charge on any atom is 0.317 e. The fraction of sp³-hybridized carbons (Fsp3) is 0.654. The molecule has 8 nitrogen and oxygen atoms in total. The fourth-order valence-corrected chi connectivity index (χ4v) is 5.14. The first-order valence-electron chi connectivity index (χ1n) is 12.7. The summed E-state index contributed by atoms with van der Waals surface area (Å²) in [5.41, 5.74) is 2.57. The molecule has 1 fully saturated rings. The molecule has 0 radical (unpaired) electrons. The molecular weight excluding hydrogens is 432 g/mol. The van der Waals surface area contributed by atoms with E-state index in [-0.39, 0.29) is 42.7 Å². The molecule has 2 aliphatic carbocycles. The van der Waals surface area contributed by atoms with Crippen molar-refractivity contribution in [2.75, 3.05) is 26.7 Å². The number of urea groups is 1. The number of allylic oxidation sites excluding steroid dienone is 2. The third-order valence-corrected chi connectivity index (χ3v) is 7.42. The molecule has 0 saturated heterocycles. The summed E-state index contributed by atoms with van der Waals surface area (Å²) >= 11 is 0. The molecule has 1 aromatic heterocycles. The standard InChI is InChI=1S/C26H38N4O4/c1-17-14-30(18(2)16-31)25(32)22-12-20(19-8-4-5-9-19)13-27-24(22)34-23(17)15-29(3)26(33)28-21-10-6-7-11-21/h8,12-13,17-18,21,23,31H,4-7,9-11,14-16H2,1-3H3,(H,28,33)/t17-,18-,23+/m1/s1. The lowest BCUT2D eigenvalue weighted by molar-refractivity contribution is 0.0351. The van der Waals surface area contributed by atoms with E-state index in [1.807, 2.05) is 19.9 Å². The second-order valence-electron chi connectivity index (χ2n) is 10.1. The monoisotopic (exact) mass is 470 g/mol. The van der Waals surface area contributed by atoms with E-state index in [1.54, 1.807) is 23.0 Å². The zero-order chi connectivity index (χ0) is 24.2. The van der Waals surface area contributed by atoms with Crippen molar-refractivity contribution < 1.29 is 19.4 Å². The van der Waals surface area contributed by atoms with Crippen molar-refractivity contribution >= 4 is 17.5 Å². The SMILES string of the molecule is C[C@@H]1CN([C@H](C)CO)C(=O)c2cc(C3=CCCC3)cnc2O[C@H]1CN(C)C(=O)NC1CCCC1. The maximum absolute atomic E-state index is 13.5. The van der Waals surface area contributed by atoms with Crippen LogP contribution in [-0.2, 0) is 0 Å². The summed E-state index contributed by atoms with van der Waals surface area (Å²) in [5, 5.41) is 13.0. The van der Waals surface area contributed by atoms with Crippen LogP contribution < -0.4 is 10.1 Å². The molecule has 34 heavy (non-hydrogen) atoms. The van der Waals surface area contributed by atoms with Gasteiger partial charge in [-0.25, -0.2) is 9.78 Å². The van der Waals surface area contributed by atoms with Crippen LogP contribution in [0.2, 0.25) is 0 Å². The zero-order valence-electron chi connectivity index (χ0n) is 20.6. The first-order valence-corrected chi connectivity index (χ1v) is 12.7. The molecule has 0 aromatic carbocycles. The second kappa shape index (κ2) is 10.8. The summed E-state index contributed by atoms with van der Waals surface area (Å²) in [6.07, 6.45) is 11.1. The van der Waals surface area contributed by atoms with Crippen LogP contribution in [0.15, 0.2) is 18.3 Å². The van der Waals surface area contributed by atoms with Crippen molar-refractivity contribution in [3.05, 3.63) is 29.5 Å². The van der Waals surface area contributed by atoms with E-state index < -0.39 is 0 Å². The van der Waals surface area contributed by atoms with Gasteiger partial charge in [0, 0.05) is 31.7 Å². The fourth-order valence-electron chi connectivity index (χ4n) is 5.14. The van der Waals surface area contributed by atoms with Gasteiger partial charge in [0.15, 0.2) is 0 Å². The van der Waals surface area contributed by atoms with E-state index in [9.17, 15) is 14.7 Å². The highest BCUT2D eigenvalue weighted by Gasteiger charge is 2.35. The Bertz CT molecular complexity index is 927. The van der Waals surface area contributed by atoms with Gasteiger partial charge in [-0.3, -0.25) is 4.79 Å². The predicted molar refractivity (Wildman–Crippen MR) is 131 cm³/mol. The van der Waals surface area contributed by atoms with Crippen molar-refractivity contribution in [3.8, 4) is 5.88 Å². The molecule has 0 bridgehead atoms. The molecule has 3 amide bonds. The highest BCUT2D eigenvalue weighted by molar-refractivity contribution is 5.97. The average Bonchev–Trinajstić information content (AvgIpc) is 3.55. The highest BCUT2D eigenvalue weighted by Crippen LogP contribution is 2.32. The van der Waals surface area contributed by atoms with Gasteiger partial charge in [-0.2, -0.15) is 0 Å². The Labute approximate surface area is 202 Å². The Hall–Kier alpha value is -2.61. The molecule has 1 saturated carbocycles. The Morgan fingerprint density at radius 3 is 2.79 bits per heavy atom. The number of nitrogens with zero attached hydrogens (tertiary/aromatic N) is 3. The van der Waals surface area contributed by atoms with Gasteiger partial charge in [-0.05, 0) is 56.2 Å². The summed E-state index contributed by atoms with van der Waals surface area (Å²) in [7, 11) is 1.78. The third kappa shape index (κ3) is 5.37. The minimum Gasteiger partial charge on any atom is -0.472 e. The summed E-state index contributed by atoms with van der Waals surface area (Å²) in [6, 6.07) is 1.69. The molecule has 0 unspecified atom stereocenters. The van der Waals surface area contributed by atoms with Crippen molar-refractivity contribution in [2.24, 2.45) is 5.92 Å². The van der Waals surface area contributed by atoms with E-state index in [4.69, 9.17) is 4.74 Å². The van der Waals surface area contributed by atoms with Crippen LogP contribution in [0, 0.1) is 5.92 Å². The number of carbonyl (C=O) groups excluding carboxylic acids is 2. The minimum absolute atomic E-state index is 0.0631. The van der Waals surface area contributed by atoms with Gasteiger partial charge in [-0.15, -0.1) is 0 Å². The molecule has 8 heteroatoms. The van der Waals surface area contributed by atoms with Gasteiger partial charge in [0.05, 0.1) is 19.2 Å². The number of aliphatic hydroxyl groups is 1. The van der Waals surface area contributed by atoms with E-state index in [0.29, 0.717) is 24.5 Å². The zero-order valence-corrected chi connectivity index (χ0v) is 20.6. The molecule has 2 heterocycles. The first kappa shape index (κ1) is 24.5. The molecule has 1 aliphatic heterocycles. The van der Waals surface area contributed by atoms with Gasteiger partial charge >= 0.3 is 6.03 Å². The van der Waals surface area contributed by atoms with Crippen molar-refractivity contribution in [1.82, 2.24) is 20.1 Å². The number of ether oxygens (including phenoxy) is 1. The topological polar surface area (TPSA) is 95.0 Å². The molecule has 1 aromatic rings. The molecule has 3 aliphatic rings. The van der Waals surface area contributed by atoms with E-state index >= 15 is 0 Å². The number of aliphatic hydroxyl groups excluding tert-OH is 1. The Morgan fingerprint density at radius 2 is 2.12 bits per heavy atom. The number of amides is 3. The largest absolute Gasteiger partial charge is 0.472 e. The van der Waals surface area contributed by atoms with Crippen LogP contribution in [0.5, 0.6) is 5.88 Å². The molecular formula is C26H38N4O4. The van der Waals surface area contributed by atoms with Crippen LogP contribution in [0.3, 0.4) is 0 Å². The summed E-state index contributed by atoms with van der Waals surface area (Å²) in [4.78, 5) is 34.3. The first-order chi connectivity index (χ1) is 16.4. The van der Waals surface area contributed by atoms with Gasteiger partial charge < -0.3 is 25.0 Å². The van der Waals surface area contributed by atoms with Gasteiger partial charge in [0.2, 0.25) is 5.88 Å². The Morgan fingerprint density at radius 1 is 1.35 bits per heavy atom. The average molecular weight is 471 g/mol. The van der Waals surface area contributed by atoms with Crippen molar-refractivity contribution in [3.63, 3.8) is 0 Å². The number of nitrogens with one attached hydrogen (secondary N) is 1. The quantitative estimate of drug-likeness (QED) is 0.664. The molecule has 186 valence electrons. The number of aromatic nitrogens is 1. The van der Waals surface area contributed by atoms with Crippen LogP contribution in [0.25, 0.3) is 5.57 Å². The molecule has 4 rings (SSSR count). The molecule has 2 N–H and O–H groups in total. The Kier molecular flexibility index (Phi) is 7.76. The van der Waals surface area contributed by atoms with E-state index in [1.165, 1.54) is 5.57 Å². The summed E-state index contributed by atoms with van der Waals surface area (Å²) in [6.45, 7) is 4.54. The van der Waals surface area contributed by atoms with Crippen molar-refractivity contribution in [2.45, 2.75) is 77.0 Å². The lowest BCUT2D eigenvalue weighted by atomic mass is 9.99. The number of carbonyl (C=O) groups is 2. The molecule has 0 spiro atoms. The normalized spacial score (nSPS) is 24.1. The minimum atomic E-state index is -0.344. The van der Waals surface area contributed by atoms with Crippen LogP contribution >= 0.6 is 0 Å². The van der Waals surface area contributed by atoms with Gasteiger partial charge in [0.25, 0.3) is 5.91 Å². The van der Waals surface area contributed by atoms with Crippen LogP contribution in [-0.4, -0.2) is 76.8 Å². The number of pyridine rings is 1. The Balaban J connectivity index is 1.58. The van der Waals surface area contributed by atoms with Crippen LogP contribution in [0.1, 0.15) is 74.7 Å². The highest BCUT2D eigenvalue weighted by atomic mass is 16.5. The second-order valence-corrected chi connectivity index (χ2v) is 10.1. The smallest absolute Gasteiger partial charge is 0.317 e. The lowest BCUT2D eigenvalue weighted by Gasteiger charge is -2.37. The van der Waals surface area contributed by atoms with Crippen molar-refractivity contribution in [1.29, 1.82) is 0 Å². The predicted octanol–water partition coefficient (Wildman–Crippen LogP) is 3.45. The number of likely N-dealkylation sites (N-methyl/N-ethyl adjacent to an activating group) is 1.